The predicted molar refractivity (Wildman–Crippen MR) is 129 cm³/mol. The molecule has 0 spiro atoms. The second kappa shape index (κ2) is 9.61. The second-order valence-electron chi connectivity index (χ2n) is 9.76. The summed E-state index contributed by atoms with van der Waals surface area (Å²) in [5, 5.41) is 12.2. The van der Waals surface area contributed by atoms with E-state index in [1.807, 2.05) is 22.7 Å². The smallest absolute Gasteiger partial charge is 0.253 e. The van der Waals surface area contributed by atoms with Gasteiger partial charge in [-0.2, -0.15) is 0 Å². The molecule has 1 amide bonds. The maximum absolute atomic E-state index is 13.0. The summed E-state index contributed by atoms with van der Waals surface area (Å²) in [6.45, 7) is 6.03. The van der Waals surface area contributed by atoms with Crippen LogP contribution in [-0.2, 0) is 6.54 Å². The van der Waals surface area contributed by atoms with Gasteiger partial charge in [0.05, 0.1) is 11.6 Å². The summed E-state index contributed by atoms with van der Waals surface area (Å²) >= 11 is 0. The van der Waals surface area contributed by atoms with Gasteiger partial charge in [0, 0.05) is 38.4 Å². The number of carbonyl (C=O) groups is 1. The van der Waals surface area contributed by atoms with E-state index in [0.717, 1.165) is 44.1 Å². The van der Waals surface area contributed by atoms with Crippen LogP contribution in [0.15, 0.2) is 48.7 Å². The van der Waals surface area contributed by atoms with Gasteiger partial charge < -0.3 is 5.32 Å². The summed E-state index contributed by atoms with van der Waals surface area (Å²) in [5.74, 6) is 1.42. The molecule has 1 aromatic carbocycles. The molecule has 5 rings (SSSR count). The van der Waals surface area contributed by atoms with Gasteiger partial charge >= 0.3 is 0 Å². The van der Waals surface area contributed by atoms with E-state index in [1.54, 1.807) is 0 Å². The standard InChI is InChI=1S/C26H34N6O/c1-19-8-6-7-11-22(19)27-26(33)21-12-13-24-28-29-25(32(24)17-21)23-18-31(15-14-30(23)2)16-20-9-4-3-5-10-20/h3-5,9-10,12-13,17,19,22-23H,6-8,11,14-16,18H2,1-2H3,(H,27,33)/t19-,22+,23+/m1/s1. The van der Waals surface area contributed by atoms with Crippen molar-refractivity contribution in [2.24, 2.45) is 5.92 Å². The van der Waals surface area contributed by atoms with Gasteiger partial charge in [-0.05, 0) is 43.5 Å². The molecule has 174 valence electrons. The molecule has 3 heterocycles. The van der Waals surface area contributed by atoms with E-state index in [0.29, 0.717) is 11.5 Å². The minimum absolute atomic E-state index is 0.00185. The molecule has 0 unspecified atom stereocenters. The Balaban J connectivity index is 1.35. The SMILES string of the molecule is C[C@@H]1CCCC[C@@H]1NC(=O)c1ccc2nnc([C@@H]3CN(Cc4ccccc4)CCN3C)n2c1. The fraction of sp³-hybridized carbons (Fsp3) is 0.500. The van der Waals surface area contributed by atoms with Crippen molar-refractivity contribution < 1.29 is 4.79 Å². The van der Waals surface area contributed by atoms with E-state index in [-0.39, 0.29) is 18.0 Å². The first-order chi connectivity index (χ1) is 16.1. The van der Waals surface area contributed by atoms with Gasteiger partial charge in [-0.25, -0.2) is 0 Å². The summed E-state index contributed by atoms with van der Waals surface area (Å²) in [5.41, 5.74) is 2.77. The summed E-state index contributed by atoms with van der Waals surface area (Å²) in [7, 11) is 2.15. The number of rotatable bonds is 5. The Morgan fingerprint density at radius 3 is 2.70 bits per heavy atom. The molecule has 7 heteroatoms. The van der Waals surface area contributed by atoms with Crippen LogP contribution in [0.3, 0.4) is 0 Å². The van der Waals surface area contributed by atoms with Crippen molar-refractivity contribution in [3.05, 3.63) is 65.6 Å². The fourth-order valence-corrected chi connectivity index (χ4v) is 5.25. The molecule has 2 aliphatic rings. The van der Waals surface area contributed by atoms with Crippen LogP contribution in [0.4, 0.5) is 0 Å². The van der Waals surface area contributed by atoms with E-state index < -0.39 is 0 Å². The van der Waals surface area contributed by atoms with Gasteiger partial charge in [0.25, 0.3) is 5.91 Å². The molecule has 3 atom stereocenters. The molecule has 0 radical (unpaired) electrons. The highest BCUT2D eigenvalue weighted by molar-refractivity contribution is 5.94. The summed E-state index contributed by atoms with van der Waals surface area (Å²) < 4.78 is 2.01. The summed E-state index contributed by atoms with van der Waals surface area (Å²) in [6.07, 6.45) is 6.62. The first kappa shape index (κ1) is 22.0. The van der Waals surface area contributed by atoms with E-state index in [1.165, 1.54) is 24.8 Å². The molecular weight excluding hydrogens is 412 g/mol. The number of nitrogens with one attached hydrogen (secondary N) is 1. The zero-order valence-corrected chi connectivity index (χ0v) is 19.7. The number of hydrogen-bond acceptors (Lipinski definition) is 5. The Bertz CT molecular complexity index is 1100. The number of carbonyl (C=O) groups excluding carboxylic acids is 1. The molecule has 3 aromatic rings. The minimum Gasteiger partial charge on any atom is -0.349 e. The van der Waals surface area contributed by atoms with Crippen molar-refractivity contribution in [3.8, 4) is 0 Å². The molecular formula is C26H34N6O. The lowest BCUT2D eigenvalue weighted by atomic mass is 9.86. The fourth-order valence-electron chi connectivity index (χ4n) is 5.25. The van der Waals surface area contributed by atoms with Crippen molar-refractivity contribution in [1.82, 2.24) is 29.7 Å². The predicted octanol–water partition coefficient (Wildman–Crippen LogP) is 3.53. The number of hydrogen-bond donors (Lipinski definition) is 1. The van der Waals surface area contributed by atoms with Gasteiger partial charge in [0.15, 0.2) is 11.5 Å². The molecule has 1 saturated heterocycles. The number of likely N-dealkylation sites (N-methyl/N-ethyl adjacent to an activating group) is 1. The number of benzene rings is 1. The molecule has 1 aliphatic heterocycles. The monoisotopic (exact) mass is 446 g/mol. The Hall–Kier alpha value is -2.77. The molecule has 2 aromatic heterocycles. The van der Waals surface area contributed by atoms with Gasteiger partial charge in [0.2, 0.25) is 0 Å². The minimum atomic E-state index is -0.00185. The van der Waals surface area contributed by atoms with Gasteiger partial charge in [-0.3, -0.25) is 19.0 Å². The van der Waals surface area contributed by atoms with Crippen molar-refractivity contribution >= 4 is 11.6 Å². The lowest BCUT2D eigenvalue weighted by molar-refractivity contribution is 0.0852. The third-order valence-electron chi connectivity index (χ3n) is 7.40. The van der Waals surface area contributed by atoms with Crippen molar-refractivity contribution in [3.63, 3.8) is 0 Å². The van der Waals surface area contributed by atoms with Gasteiger partial charge in [-0.1, -0.05) is 50.1 Å². The van der Waals surface area contributed by atoms with E-state index in [2.05, 4.69) is 69.6 Å². The highest BCUT2D eigenvalue weighted by Gasteiger charge is 2.30. The number of nitrogens with zero attached hydrogens (tertiary/aromatic N) is 5. The van der Waals surface area contributed by atoms with Crippen LogP contribution in [0, 0.1) is 5.92 Å². The third-order valence-corrected chi connectivity index (χ3v) is 7.40. The lowest BCUT2D eigenvalue weighted by Crippen LogP contribution is -2.46. The first-order valence-corrected chi connectivity index (χ1v) is 12.2. The average Bonchev–Trinajstić information content (AvgIpc) is 3.25. The van der Waals surface area contributed by atoms with Crippen LogP contribution < -0.4 is 5.32 Å². The van der Waals surface area contributed by atoms with E-state index >= 15 is 0 Å². The molecule has 2 fully saturated rings. The number of amides is 1. The molecule has 1 aliphatic carbocycles. The number of fused-ring (bicyclic) bond motifs is 1. The van der Waals surface area contributed by atoms with Crippen LogP contribution in [0.25, 0.3) is 5.65 Å². The topological polar surface area (TPSA) is 65.8 Å². The highest BCUT2D eigenvalue weighted by atomic mass is 16.1. The zero-order chi connectivity index (χ0) is 22.8. The van der Waals surface area contributed by atoms with Crippen LogP contribution in [0.1, 0.15) is 60.4 Å². The van der Waals surface area contributed by atoms with Crippen LogP contribution in [0.5, 0.6) is 0 Å². The van der Waals surface area contributed by atoms with Crippen LogP contribution in [-0.4, -0.2) is 63.0 Å². The molecule has 7 nitrogen and oxygen atoms in total. The number of piperazine rings is 1. The lowest BCUT2D eigenvalue weighted by Gasteiger charge is -2.38. The number of pyridine rings is 1. The third kappa shape index (κ3) is 4.80. The zero-order valence-electron chi connectivity index (χ0n) is 19.7. The largest absolute Gasteiger partial charge is 0.349 e. The average molecular weight is 447 g/mol. The Morgan fingerprint density at radius 1 is 1.06 bits per heavy atom. The Kier molecular flexibility index (Phi) is 6.42. The van der Waals surface area contributed by atoms with Gasteiger partial charge in [-0.15, -0.1) is 10.2 Å². The molecule has 1 N–H and O–H groups in total. The first-order valence-electron chi connectivity index (χ1n) is 12.2. The van der Waals surface area contributed by atoms with Crippen molar-refractivity contribution in [2.75, 3.05) is 26.7 Å². The van der Waals surface area contributed by atoms with Gasteiger partial charge in [0.1, 0.15) is 0 Å². The van der Waals surface area contributed by atoms with Crippen LogP contribution in [0.2, 0.25) is 0 Å². The van der Waals surface area contributed by atoms with Crippen LogP contribution >= 0.6 is 0 Å². The Labute approximate surface area is 195 Å². The molecule has 33 heavy (non-hydrogen) atoms. The summed E-state index contributed by atoms with van der Waals surface area (Å²) in [6, 6.07) is 14.7. The second-order valence-corrected chi connectivity index (χ2v) is 9.76. The normalized spacial score (nSPS) is 24.7. The van der Waals surface area contributed by atoms with E-state index in [9.17, 15) is 4.79 Å². The maximum atomic E-state index is 13.0. The quantitative estimate of drug-likeness (QED) is 0.650. The summed E-state index contributed by atoms with van der Waals surface area (Å²) in [4.78, 5) is 17.9. The maximum Gasteiger partial charge on any atom is 0.253 e. The van der Waals surface area contributed by atoms with Crippen molar-refractivity contribution in [1.29, 1.82) is 0 Å². The molecule has 0 bridgehead atoms. The molecule has 1 saturated carbocycles. The number of aromatic nitrogens is 3. The Morgan fingerprint density at radius 2 is 1.88 bits per heavy atom. The van der Waals surface area contributed by atoms with E-state index in [4.69, 9.17) is 0 Å². The highest BCUT2D eigenvalue weighted by Crippen LogP contribution is 2.26. The van der Waals surface area contributed by atoms with Crippen molar-refractivity contribution in [2.45, 2.75) is 51.2 Å².